The highest BCUT2D eigenvalue weighted by atomic mass is 16.5. The van der Waals surface area contributed by atoms with Crippen LogP contribution in [0.15, 0.2) is 0 Å². The molecule has 90 valence electrons. The van der Waals surface area contributed by atoms with Crippen LogP contribution in [-0.4, -0.2) is 30.0 Å². The van der Waals surface area contributed by atoms with E-state index < -0.39 is 0 Å². The normalized spacial score (nSPS) is 31.4. The fourth-order valence-electron chi connectivity index (χ4n) is 2.13. The number of rotatable bonds is 6. The summed E-state index contributed by atoms with van der Waals surface area (Å²) in [7, 11) is 0. The molecule has 2 atom stereocenters. The standard InChI is InChI=1S/C12H25NO2/c1-10(2)4-3-7-15-11-5-6-12(13,8-11)9-14/h10-11,14H,3-9,13H2,1-2H3. The molecular weight excluding hydrogens is 190 g/mol. The zero-order valence-corrected chi connectivity index (χ0v) is 10.0. The summed E-state index contributed by atoms with van der Waals surface area (Å²) in [5, 5.41) is 9.11. The first-order chi connectivity index (χ1) is 7.06. The first-order valence-corrected chi connectivity index (χ1v) is 6.07. The van der Waals surface area contributed by atoms with Gasteiger partial charge in [0.2, 0.25) is 0 Å². The maximum absolute atomic E-state index is 9.11. The van der Waals surface area contributed by atoms with E-state index in [1.807, 2.05) is 0 Å². The molecule has 0 spiro atoms. The number of ether oxygens (including phenoxy) is 1. The largest absolute Gasteiger partial charge is 0.394 e. The molecule has 0 saturated heterocycles. The summed E-state index contributed by atoms with van der Waals surface area (Å²) in [5.74, 6) is 0.753. The second kappa shape index (κ2) is 5.83. The lowest BCUT2D eigenvalue weighted by molar-refractivity contribution is 0.0469. The summed E-state index contributed by atoms with van der Waals surface area (Å²) in [5.41, 5.74) is 5.60. The Morgan fingerprint density at radius 1 is 1.53 bits per heavy atom. The van der Waals surface area contributed by atoms with Gasteiger partial charge in [-0.2, -0.15) is 0 Å². The number of aliphatic hydroxyl groups is 1. The van der Waals surface area contributed by atoms with E-state index in [0.29, 0.717) is 0 Å². The minimum absolute atomic E-state index is 0.0822. The Labute approximate surface area is 93.0 Å². The van der Waals surface area contributed by atoms with E-state index in [-0.39, 0.29) is 18.2 Å². The van der Waals surface area contributed by atoms with Gasteiger partial charge in [0.15, 0.2) is 0 Å². The first-order valence-electron chi connectivity index (χ1n) is 6.07. The van der Waals surface area contributed by atoms with Crippen LogP contribution in [-0.2, 0) is 4.74 Å². The van der Waals surface area contributed by atoms with E-state index >= 15 is 0 Å². The number of nitrogens with two attached hydrogens (primary N) is 1. The number of hydrogen-bond donors (Lipinski definition) is 2. The van der Waals surface area contributed by atoms with Gasteiger partial charge in [0.05, 0.1) is 12.7 Å². The zero-order valence-electron chi connectivity index (χ0n) is 10.0. The van der Waals surface area contributed by atoms with Gasteiger partial charge in [0.25, 0.3) is 0 Å². The minimum Gasteiger partial charge on any atom is -0.394 e. The topological polar surface area (TPSA) is 55.5 Å². The maximum atomic E-state index is 9.11. The van der Waals surface area contributed by atoms with Crippen LogP contribution in [0.1, 0.15) is 46.0 Å². The molecule has 0 aliphatic heterocycles. The Bertz CT molecular complexity index is 184. The molecule has 3 nitrogen and oxygen atoms in total. The van der Waals surface area contributed by atoms with Crippen LogP contribution in [0.25, 0.3) is 0 Å². The summed E-state index contributed by atoms with van der Waals surface area (Å²) in [6, 6.07) is 0. The highest BCUT2D eigenvalue weighted by Crippen LogP contribution is 2.29. The molecule has 0 aromatic rings. The van der Waals surface area contributed by atoms with Crippen LogP contribution in [0.5, 0.6) is 0 Å². The Morgan fingerprint density at radius 3 is 2.80 bits per heavy atom. The van der Waals surface area contributed by atoms with Gasteiger partial charge in [-0.15, -0.1) is 0 Å². The average Bonchev–Trinajstić information content (AvgIpc) is 2.56. The molecule has 3 N–H and O–H groups in total. The van der Waals surface area contributed by atoms with E-state index in [1.54, 1.807) is 0 Å². The summed E-state index contributed by atoms with van der Waals surface area (Å²) in [4.78, 5) is 0. The summed E-state index contributed by atoms with van der Waals surface area (Å²) >= 11 is 0. The third-order valence-electron chi connectivity index (χ3n) is 3.19. The van der Waals surface area contributed by atoms with Crippen molar-refractivity contribution in [3.05, 3.63) is 0 Å². The molecular formula is C12H25NO2. The molecule has 0 bridgehead atoms. The van der Waals surface area contributed by atoms with Crippen LogP contribution >= 0.6 is 0 Å². The van der Waals surface area contributed by atoms with Crippen molar-refractivity contribution in [3.8, 4) is 0 Å². The fraction of sp³-hybridized carbons (Fsp3) is 1.00. The SMILES string of the molecule is CC(C)CCCOC1CCC(N)(CO)C1. The van der Waals surface area contributed by atoms with Crippen molar-refractivity contribution in [3.63, 3.8) is 0 Å². The lowest BCUT2D eigenvalue weighted by Crippen LogP contribution is -2.41. The molecule has 0 amide bonds. The zero-order chi connectivity index (χ0) is 11.3. The van der Waals surface area contributed by atoms with Crippen molar-refractivity contribution in [1.82, 2.24) is 0 Å². The molecule has 0 radical (unpaired) electrons. The number of aliphatic hydroxyl groups excluding tert-OH is 1. The van der Waals surface area contributed by atoms with Gasteiger partial charge >= 0.3 is 0 Å². The van der Waals surface area contributed by atoms with Crippen LogP contribution in [0.4, 0.5) is 0 Å². The van der Waals surface area contributed by atoms with Gasteiger partial charge in [-0.05, 0) is 38.0 Å². The lowest BCUT2D eigenvalue weighted by Gasteiger charge is -2.20. The molecule has 1 fully saturated rings. The van der Waals surface area contributed by atoms with Gasteiger partial charge in [0, 0.05) is 12.1 Å². The molecule has 1 aliphatic carbocycles. The van der Waals surface area contributed by atoms with E-state index in [9.17, 15) is 0 Å². The molecule has 1 rings (SSSR count). The Hall–Kier alpha value is -0.120. The van der Waals surface area contributed by atoms with Crippen LogP contribution in [0.3, 0.4) is 0 Å². The first kappa shape index (κ1) is 12.9. The third kappa shape index (κ3) is 4.49. The van der Waals surface area contributed by atoms with Crippen molar-refractivity contribution < 1.29 is 9.84 Å². The van der Waals surface area contributed by atoms with E-state index in [2.05, 4.69) is 13.8 Å². The van der Waals surface area contributed by atoms with Crippen molar-refractivity contribution in [2.75, 3.05) is 13.2 Å². The fourth-order valence-corrected chi connectivity index (χ4v) is 2.13. The molecule has 15 heavy (non-hydrogen) atoms. The van der Waals surface area contributed by atoms with E-state index in [1.165, 1.54) is 6.42 Å². The Kier molecular flexibility index (Phi) is 5.03. The Balaban J connectivity index is 2.09. The van der Waals surface area contributed by atoms with Gasteiger partial charge in [-0.1, -0.05) is 13.8 Å². The summed E-state index contributed by atoms with van der Waals surface area (Å²) in [6.07, 6.45) is 5.32. The monoisotopic (exact) mass is 215 g/mol. The van der Waals surface area contributed by atoms with Gasteiger partial charge < -0.3 is 15.6 Å². The van der Waals surface area contributed by atoms with Crippen molar-refractivity contribution in [2.24, 2.45) is 11.7 Å². The molecule has 0 heterocycles. The molecule has 2 unspecified atom stereocenters. The third-order valence-corrected chi connectivity index (χ3v) is 3.19. The van der Waals surface area contributed by atoms with Gasteiger partial charge in [0.1, 0.15) is 0 Å². The molecule has 0 aromatic heterocycles. The second-order valence-corrected chi connectivity index (χ2v) is 5.29. The van der Waals surface area contributed by atoms with Crippen LogP contribution in [0.2, 0.25) is 0 Å². The van der Waals surface area contributed by atoms with E-state index in [4.69, 9.17) is 15.6 Å². The molecule has 1 saturated carbocycles. The van der Waals surface area contributed by atoms with Crippen molar-refractivity contribution >= 4 is 0 Å². The average molecular weight is 215 g/mol. The van der Waals surface area contributed by atoms with Gasteiger partial charge in [-0.3, -0.25) is 0 Å². The maximum Gasteiger partial charge on any atom is 0.0612 e. The number of hydrogen-bond acceptors (Lipinski definition) is 3. The predicted octanol–water partition coefficient (Wildman–Crippen LogP) is 1.68. The quantitative estimate of drug-likeness (QED) is 0.663. The lowest BCUT2D eigenvalue weighted by atomic mass is 10.0. The van der Waals surface area contributed by atoms with Crippen molar-refractivity contribution in [1.29, 1.82) is 0 Å². The highest BCUT2D eigenvalue weighted by molar-refractivity contribution is 4.93. The van der Waals surface area contributed by atoms with Crippen LogP contribution < -0.4 is 5.73 Å². The summed E-state index contributed by atoms with van der Waals surface area (Å²) in [6.45, 7) is 5.38. The predicted molar refractivity (Wildman–Crippen MR) is 61.7 cm³/mol. The smallest absolute Gasteiger partial charge is 0.0612 e. The Morgan fingerprint density at radius 2 is 2.27 bits per heavy atom. The second-order valence-electron chi connectivity index (χ2n) is 5.29. The summed E-state index contributed by atoms with van der Waals surface area (Å²) < 4.78 is 5.76. The van der Waals surface area contributed by atoms with Crippen molar-refractivity contribution in [2.45, 2.75) is 57.6 Å². The van der Waals surface area contributed by atoms with E-state index in [0.717, 1.165) is 38.2 Å². The minimum atomic E-state index is -0.372. The molecule has 3 heteroatoms. The molecule has 1 aliphatic rings. The van der Waals surface area contributed by atoms with Gasteiger partial charge in [-0.25, -0.2) is 0 Å². The van der Waals surface area contributed by atoms with Crippen LogP contribution in [0, 0.1) is 5.92 Å². The highest BCUT2D eigenvalue weighted by Gasteiger charge is 2.35. The molecule has 0 aromatic carbocycles.